The second-order valence-corrected chi connectivity index (χ2v) is 3.91. The number of carbonyl (C=O) groups is 1. The number of carbonyl (C=O) groups excluding carboxylic acids is 1. The molecule has 0 radical (unpaired) electrons. The van der Waals surface area contributed by atoms with Crippen molar-refractivity contribution in [3.63, 3.8) is 0 Å². The van der Waals surface area contributed by atoms with Gasteiger partial charge in [-0.05, 0) is 6.42 Å². The average molecular weight is 295 g/mol. The summed E-state index contributed by atoms with van der Waals surface area (Å²) in [4.78, 5) is 10.8. The molecule has 0 aliphatic rings. The van der Waals surface area contributed by atoms with E-state index in [1.807, 2.05) is 0 Å². The molecule has 7 nitrogen and oxygen atoms in total. The van der Waals surface area contributed by atoms with Crippen molar-refractivity contribution in [2.75, 3.05) is 73.6 Å². The van der Waals surface area contributed by atoms with Gasteiger partial charge in [0.25, 0.3) is 0 Å². The predicted octanol–water partition coefficient (Wildman–Crippen LogP) is 0.0813. The van der Waals surface area contributed by atoms with Crippen molar-refractivity contribution < 1.29 is 29.9 Å². The van der Waals surface area contributed by atoms with Gasteiger partial charge in [-0.15, -0.1) is 0 Å². The zero-order valence-corrected chi connectivity index (χ0v) is 12.5. The van der Waals surface area contributed by atoms with Gasteiger partial charge >= 0.3 is 0 Å². The molecule has 122 valence electrons. The Morgan fingerprint density at radius 3 is 1.85 bits per heavy atom. The van der Waals surface area contributed by atoms with Crippen molar-refractivity contribution in [2.45, 2.75) is 6.42 Å². The van der Waals surface area contributed by atoms with Crippen LogP contribution in [0.15, 0.2) is 0 Å². The standard InChI is InChI=1S/C13H27NO6.H2/c1-14-13(15)12-20-11-10-19-9-8-18-7-6-17-5-3-4-16-2;/h3-12H2,1-2H3,(H,14,15);1H. The second kappa shape index (κ2) is 16.3. The van der Waals surface area contributed by atoms with Gasteiger partial charge in [-0.3, -0.25) is 4.79 Å². The molecule has 1 amide bonds. The molecule has 0 heterocycles. The van der Waals surface area contributed by atoms with E-state index in [1.54, 1.807) is 14.2 Å². The minimum Gasteiger partial charge on any atom is -0.385 e. The van der Waals surface area contributed by atoms with Gasteiger partial charge in [-0.25, -0.2) is 0 Å². The summed E-state index contributed by atoms with van der Waals surface area (Å²) in [5.41, 5.74) is 0. The van der Waals surface area contributed by atoms with Crippen LogP contribution in [0.1, 0.15) is 7.85 Å². The molecule has 20 heavy (non-hydrogen) atoms. The van der Waals surface area contributed by atoms with Crippen LogP contribution in [0, 0.1) is 0 Å². The average Bonchev–Trinajstić information content (AvgIpc) is 2.47. The zero-order chi connectivity index (χ0) is 14.9. The first-order valence-electron chi connectivity index (χ1n) is 6.81. The highest BCUT2D eigenvalue weighted by Crippen LogP contribution is 1.85. The van der Waals surface area contributed by atoms with E-state index in [-0.39, 0.29) is 13.9 Å². The summed E-state index contributed by atoms with van der Waals surface area (Å²) in [6.07, 6.45) is 0.898. The molecule has 1 N–H and O–H groups in total. The minimum absolute atomic E-state index is 0. The fourth-order valence-electron chi connectivity index (χ4n) is 1.20. The molecule has 0 fully saturated rings. The molecule has 0 aromatic heterocycles. The van der Waals surface area contributed by atoms with Crippen LogP contribution in [-0.4, -0.2) is 79.5 Å². The first-order chi connectivity index (χ1) is 9.81. The van der Waals surface area contributed by atoms with Gasteiger partial charge in [0.05, 0.1) is 39.6 Å². The Labute approximate surface area is 122 Å². The number of hydrogen-bond acceptors (Lipinski definition) is 6. The van der Waals surface area contributed by atoms with E-state index in [1.165, 1.54) is 0 Å². The number of likely N-dealkylation sites (N-methyl/N-ethyl adjacent to an activating group) is 1. The van der Waals surface area contributed by atoms with Gasteiger partial charge in [0.1, 0.15) is 6.61 Å². The lowest BCUT2D eigenvalue weighted by Gasteiger charge is -2.07. The van der Waals surface area contributed by atoms with Gasteiger partial charge in [-0.1, -0.05) is 0 Å². The fraction of sp³-hybridized carbons (Fsp3) is 0.923. The number of ether oxygens (including phenoxy) is 5. The van der Waals surface area contributed by atoms with E-state index >= 15 is 0 Å². The summed E-state index contributed by atoms with van der Waals surface area (Å²) in [5.74, 6) is -0.140. The third-order valence-electron chi connectivity index (χ3n) is 2.27. The molecule has 0 unspecified atom stereocenters. The molecular weight excluding hydrogens is 266 g/mol. The van der Waals surface area contributed by atoms with Crippen molar-refractivity contribution in [1.82, 2.24) is 5.32 Å². The maximum Gasteiger partial charge on any atom is 0.245 e. The molecule has 0 atom stereocenters. The normalized spacial score (nSPS) is 10.7. The summed E-state index contributed by atoms with van der Waals surface area (Å²) >= 11 is 0. The fourth-order valence-corrected chi connectivity index (χ4v) is 1.20. The van der Waals surface area contributed by atoms with E-state index in [9.17, 15) is 4.79 Å². The highest BCUT2D eigenvalue weighted by molar-refractivity contribution is 5.76. The van der Waals surface area contributed by atoms with E-state index in [4.69, 9.17) is 23.7 Å². The lowest BCUT2D eigenvalue weighted by molar-refractivity contribution is -0.125. The Balaban J connectivity index is 0. The van der Waals surface area contributed by atoms with Crippen LogP contribution in [0.3, 0.4) is 0 Å². The number of amides is 1. The first-order valence-corrected chi connectivity index (χ1v) is 6.81. The Kier molecular flexibility index (Phi) is 15.7. The van der Waals surface area contributed by atoms with E-state index in [0.29, 0.717) is 46.2 Å². The molecule has 0 aromatic carbocycles. The zero-order valence-electron chi connectivity index (χ0n) is 12.5. The van der Waals surface area contributed by atoms with Crippen LogP contribution < -0.4 is 5.32 Å². The summed E-state index contributed by atoms with van der Waals surface area (Å²) in [7, 11) is 3.24. The van der Waals surface area contributed by atoms with Crippen molar-refractivity contribution in [1.29, 1.82) is 0 Å². The van der Waals surface area contributed by atoms with Gasteiger partial charge in [0, 0.05) is 28.8 Å². The Bertz CT molecular complexity index is 221. The van der Waals surface area contributed by atoms with Crippen LogP contribution in [0.2, 0.25) is 0 Å². The van der Waals surface area contributed by atoms with Crippen LogP contribution in [0.4, 0.5) is 0 Å². The number of nitrogens with one attached hydrogen (secondary N) is 1. The number of rotatable bonds is 15. The lowest BCUT2D eigenvalue weighted by Crippen LogP contribution is -2.24. The monoisotopic (exact) mass is 295 g/mol. The molecule has 0 saturated carbocycles. The van der Waals surface area contributed by atoms with E-state index < -0.39 is 0 Å². The summed E-state index contributed by atoms with van der Waals surface area (Å²) < 4.78 is 25.9. The minimum atomic E-state index is -0.140. The smallest absolute Gasteiger partial charge is 0.245 e. The van der Waals surface area contributed by atoms with Crippen molar-refractivity contribution in [3.8, 4) is 0 Å². The quantitative estimate of drug-likeness (QED) is 0.431. The molecular formula is C13H29NO6. The van der Waals surface area contributed by atoms with E-state index in [0.717, 1.165) is 13.0 Å². The van der Waals surface area contributed by atoms with Crippen LogP contribution in [0.5, 0.6) is 0 Å². The maximum absolute atomic E-state index is 10.8. The third kappa shape index (κ3) is 15.3. The van der Waals surface area contributed by atoms with Crippen molar-refractivity contribution >= 4 is 5.91 Å². The maximum atomic E-state index is 10.8. The van der Waals surface area contributed by atoms with Gasteiger partial charge in [0.2, 0.25) is 5.91 Å². The molecule has 0 spiro atoms. The van der Waals surface area contributed by atoms with Gasteiger partial charge in [0.15, 0.2) is 0 Å². The Morgan fingerprint density at radius 2 is 1.35 bits per heavy atom. The number of methoxy groups -OCH3 is 1. The third-order valence-corrected chi connectivity index (χ3v) is 2.27. The summed E-state index contributed by atoms with van der Waals surface area (Å²) in [6.45, 7) is 4.50. The second-order valence-electron chi connectivity index (χ2n) is 3.91. The molecule has 0 aliphatic heterocycles. The van der Waals surface area contributed by atoms with Gasteiger partial charge in [-0.2, -0.15) is 0 Å². The Morgan fingerprint density at radius 1 is 0.850 bits per heavy atom. The predicted molar refractivity (Wildman–Crippen MR) is 75.9 cm³/mol. The highest BCUT2D eigenvalue weighted by atomic mass is 16.6. The molecule has 0 aromatic rings. The van der Waals surface area contributed by atoms with Crippen LogP contribution in [-0.2, 0) is 28.5 Å². The highest BCUT2D eigenvalue weighted by Gasteiger charge is 1.97. The summed E-state index contributed by atoms with van der Waals surface area (Å²) in [6, 6.07) is 0. The molecule has 0 rings (SSSR count). The topological polar surface area (TPSA) is 75.3 Å². The molecule has 0 bridgehead atoms. The van der Waals surface area contributed by atoms with Crippen molar-refractivity contribution in [3.05, 3.63) is 0 Å². The SMILES string of the molecule is CNC(=O)COCCOCCOCCOCCCOC.[HH]. The van der Waals surface area contributed by atoms with Crippen LogP contribution in [0.25, 0.3) is 0 Å². The largest absolute Gasteiger partial charge is 0.385 e. The lowest BCUT2D eigenvalue weighted by atomic mass is 10.5. The first kappa shape index (κ1) is 19.3. The van der Waals surface area contributed by atoms with Crippen molar-refractivity contribution in [2.24, 2.45) is 0 Å². The van der Waals surface area contributed by atoms with Crippen LogP contribution >= 0.6 is 0 Å². The number of hydrogen-bond donors (Lipinski definition) is 1. The summed E-state index contributed by atoms with van der Waals surface area (Å²) in [5, 5.41) is 2.47. The molecule has 0 saturated heterocycles. The molecule has 7 heteroatoms. The van der Waals surface area contributed by atoms with Gasteiger partial charge < -0.3 is 29.0 Å². The molecule has 0 aliphatic carbocycles. The Hall–Kier alpha value is -0.730. The van der Waals surface area contributed by atoms with E-state index in [2.05, 4.69) is 5.32 Å².